The van der Waals surface area contributed by atoms with Crippen molar-refractivity contribution in [1.29, 1.82) is 0 Å². The molecule has 1 saturated heterocycles. The Bertz CT molecular complexity index is 604. The third-order valence-corrected chi connectivity index (χ3v) is 5.48. The highest BCUT2D eigenvalue weighted by molar-refractivity contribution is 7.89. The maximum atomic E-state index is 13.4. The molecular formula is C13H19FN2O3S. The SMILES string of the molecule is CCC1CN(S(=O)(=O)c2cc(N)c(F)cc2C)CCO1. The number of nitrogens with two attached hydrogens (primary N) is 1. The van der Waals surface area contributed by atoms with Crippen LogP contribution in [0.4, 0.5) is 10.1 Å². The van der Waals surface area contributed by atoms with Crippen molar-refractivity contribution in [2.45, 2.75) is 31.3 Å². The van der Waals surface area contributed by atoms with E-state index in [4.69, 9.17) is 10.5 Å². The minimum Gasteiger partial charge on any atom is -0.396 e. The number of hydrogen-bond donors (Lipinski definition) is 1. The summed E-state index contributed by atoms with van der Waals surface area (Å²) in [4.78, 5) is 0.0631. The average molecular weight is 302 g/mol. The summed E-state index contributed by atoms with van der Waals surface area (Å²) in [5.41, 5.74) is 5.69. The van der Waals surface area contributed by atoms with Crippen molar-refractivity contribution in [1.82, 2.24) is 4.31 Å². The van der Waals surface area contributed by atoms with E-state index in [1.165, 1.54) is 10.4 Å². The molecule has 112 valence electrons. The van der Waals surface area contributed by atoms with E-state index < -0.39 is 15.8 Å². The normalized spacial score (nSPS) is 21.1. The molecule has 0 aromatic heterocycles. The Kier molecular flexibility index (Phi) is 4.31. The molecular weight excluding hydrogens is 283 g/mol. The lowest BCUT2D eigenvalue weighted by molar-refractivity contribution is -0.00278. The highest BCUT2D eigenvalue weighted by atomic mass is 32.2. The molecule has 0 amide bonds. The number of hydrogen-bond acceptors (Lipinski definition) is 4. The first-order chi connectivity index (χ1) is 9.36. The number of aryl methyl sites for hydroxylation is 1. The van der Waals surface area contributed by atoms with E-state index >= 15 is 0 Å². The Labute approximate surface area is 118 Å². The van der Waals surface area contributed by atoms with Crippen molar-refractivity contribution in [2.24, 2.45) is 0 Å². The first kappa shape index (κ1) is 15.2. The van der Waals surface area contributed by atoms with E-state index in [0.29, 0.717) is 25.3 Å². The van der Waals surface area contributed by atoms with Crippen LogP contribution in [0.3, 0.4) is 0 Å². The summed E-state index contributed by atoms with van der Waals surface area (Å²) in [5.74, 6) is -0.602. The van der Waals surface area contributed by atoms with Gasteiger partial charge in [-0.1, -0.05) is 6.92 Å². The molecule has 1 aromatic rings. The number of sulfonamides is 1. The molecule has 2 N–H and O–H groups in total. The van der Waals surface area contributed by atoms with Crippen LogP contribution >= 0.6 is 0 Å². The topological polar surface area (TPSA) is 72.6 Å². The molecule has 1 aromatic carbocycles. The lowest BCUT2D eigenvalue weighted by Gasteiger charge is -2.32. The van der Waals surface area contributed by atoms with Gasteiger partial charge in [0.25, 0.3) is 0 Å². The molecule has 7 heteroatoms. The van der Waals surface area contributed by atoms with E-state index in [0.717, 1.165) is 12.5 Å². The average Bonchev–Trinajstić information content (AvgIpc) is 2.42. The molecule has 1 fully saturated rings. The second-order valence-electron chi connectivity index (χ2n) is 4.90. The zero-order valence-electron chi connectivity index (χ0n) is 11.6. The molecule has 0 radical (unpaired) electrons. The van der Waals surface area contributed by atoms with Gasteiger partial charge >= 0.3 is 0 Å². The van der Waals surface area contributed by atoms with Crippen LogP contribution in [0, 0.1) is 12.7 Å². The van der Waals surface area contributed by atoms with Crippen molar-refractivity contribution in [3.8, 4) is 0 Å². The second kappa shape index (κ2) is 5.67. The van der Waals surface area contributed by atoms with Crippen LogP contribution in [0.2, 0.25) is 0 Å². The minimum atomic E-state index is -3.67. The van der Waals surface area contributed by atoms with Crippen LogP contribution in [-0.4, -0.2) is 38.5 Å². The lowest BCUT2D eigenvalue weighted by atomic mass is 10.2. The molecule has 1 atom stereocenters. The summed E-state index contributed by atoms with van der Waals surface area (Å²) in [6.45, 7) is 4.49. The standard InChI is InChI=1S/C13H19FN2O3S/c1-3-10-8-16(4-5-19-10)20(17,18)13-7-12(15)11(14)6-9(13)2/h6-7,10H,3-5,8,15H2,1-2H3. The van der Waals surface area contributed by atoms with Crippen molar-refractivity contribution in [3.05, 3.63) is 23.5 Å². The highest BCUT2D eigenvalue weighted by Gasteiger charge is 2.31. The molecule has 20 heavy (non-hydrogen) atoms. The predicted molar refractivity (Wildman–Crippen MR) is 74.3 cm³/mol. The van der Waals surface area contributed by atoms with Gasteiger partial charge < -0.3 is 10.5 Å². The van der Waals surface area contributed by atoms with E-state index in [-0.39, 0.29) is 16.7 Å². The van der Waals surface area contributed by atoms with Crippen LogP contribution in [0.5, 0.6) is 0 Å². The summed E-state index contributed by atoms with van der Waals surface area (Å²) >= 11 is 0. The van der Waals surface area contributed by atoms with E-state index in [9.17, 15) is 12.8 Å². The largest absolute Gasteiger partial charge is 0.396 e. The van der Waals surface area contributed by atoms with Gasteiger partial charge in [-0.2, -0.15) is 4.31 Å². The van der Waals surface area contributed by atoms with Gasteiger partial charge in [0.15, 0.2) is 0 Å². The third kappa shape index (κ3) is 2.79. The van der Waals surface area contributed by atoms with Crippen LogP contribution in [0.25, 0.3) is 0 Å². The highest BCUT2D eigenvalue weighted by Crippen LogP contribution is 2.26. The van der Waals surface area contributed by atoms with E-state index in [2.05, 4.69) is 0 Å². The lowest BCUT2D eigenvalue weighted by Crippen LogP contribution is -2.45. The molecule has 0 bridgehead atoms. The Morgan fingerprint density at radius 1 is 1.50 bits per heavy atom. The van der Waals surface area contributed by atoms with Crippen molar-refractivity contribution < 1.29 is 17.5 Å². The van der Waals surface area contributed by atoms with Gasteiger partial charge in [0.1, 0.15) is 5.82 Å². The van der Waals surface area contributed by atoms with Gasteiger partial charge in [-0.25, -0.2) is 12.8 Å². The third-order valence-electron chi connectivity index (χ3n) is 3.47. The molecule has 0 saturated carbocycles. The summed E-state index contributed by atoms with van der Waals surface area (Å²) in [6.07, 6.45) is 0.646. The zero-order chi connectivity index (χ0) is 14.9. The molecule has 2 rings (SSSR count). The summed E-state index contributed by atoms with van der Waals surface area (Å²) < 4.78 is 45.5. The Morgan fingerprint density at radius 3 is 2.85 bits per heavy atom. The van der Waals surface area contributed by atoms with Crippen LogP contribution in [-0.2, 0) is 14.8 Å². The Morgan fingerprint density at radius 2 is 2.20 bits per heavy atom. The number of halogens is 1. The number of benzene rings is 1. The molecule has 0 spiro atoms. The number of nitrogen functional groups attached to an aromatic ring is 1. The quantitative estimate of drug-likeness (QED) is 0.859. The smallest absolute Gasteiger partial charge is 0.243 e. The first-order valence-electron chi connectivity index (χ1n) is 6.53. The maximum absolute atomic E-state index is 13.4. The molecule has 5 nitrogen and oxygen atoms in total. The summed E-state index contributed by atoms with van der Waals surface area (Å²) in [7, 11) is -3.67. The molecule has 0 aliphatic carbocycles. The monoisotopic (exact) mass is 302 g/mol. The fourth-order valence-electron chi connectivity index (χ4n) is 2.24. The molecule has 1 unspecified atom stereocenters. The van der Waals surface area contributed by atoms with Crippen molar-refractivity contribution in [2.75, 3.05) is 25.4 Å². The van der Waals surface area contributed by atoms with Crippen molar-refractivity contribution in [3.63, 3.8) is 0 Å². The first-order valence-corrected chi connectivity index (χ1v) is 7.97. The fourth-order valence-corrected chi connectivity index (χ4v) is 3.94. The predicted octanol–water partition coefficient (Wildman–Crippen LogP) is 1.52. The van der Waals surface area contributed by atoms with Crippen LogP contribution in [0.1, 0.15) is 18.9 Å². The fraction of sp³-hybridized carbons (Fsp3) is 0.538. The van der Waals surface area contributed by atoms with Gasteiger partial charge in [0.2, 0.25) is 10.0 Å². The van der Waals surface area contributed by atoms with Crippen LogP contribution < -0.4 is 5.73 Å². The van der Waals surface area contributed by atoms with Gasteiger partial charge in [0.05, 0.1) is 23.3 Å². The van der Waals surface area contributed by atoms with Gasteiger partial charge in [-0.3, -0.25) is 0 Å². The molecule has 1 aliphatic heterocycles. The summed E-state index contributed by atoms with van der Waals surface area (Å²) in [6, 6.07) is 2.34. The number of anilines is 1. The maximum Gasteiger partial charge on any atom is 0.243 e. The number of rotatable bonds is 3. The second-order valence-corrected chi connectivity index (χ2v) is 6.81. The van der Waals surface area contributed by atoms with E-state index in [1.54, 1.807) is 6.92 Å². The molecule has 1 aliphatic rings. The van der Waals surface area contributed by atoms with Gasteiger partial charge in [0, 0.05) is 13.1 Å². The molecule has 1 heterocycles. The van der Waals surface area contributed by atoms with Gasteiger partial charge in [-0.15, -0.1) is 0 Å². The number of nitrogens with zero attached hydrogens (tertiary/aromatic N) is 1. The van der Waals surface area contributed by atoms with Crippen LogP contribution in [0.15, 0.2) is 17.0 Å². The van der Waals surface area contributed by atoms with Crippen molar-refractivity contribution >= 4 is 15.7 Å². The Hall–Kier alpha value is -1.18. The number of morpholine rings is 1. The summed E-state index contributed by atoms with van der Waals surface area (Å²) in [5, 5.41) is 0. The van der Waals surface area contributed by atoms with E-state index in [1.807, 2.05) is 6.92 Å². The van der Waals surface area contributed by atoms with Gasteiger partial charge in [-0.05, 0) is 31.0 Å². The number of ether oxygens (including phenoxy) is 1. The Balaban J connectivity index is 2.37. The minimum absolute atomic E-state index is 0.0631. The zero-order valence-corrected chi connectivity index (χ0v) is 12.4.